The van der Waals surface area contributed by atoms with Gasteiger partial charge in [0.25, 0.3) is 0 Å². The van der Waals surface area contributed by atoms with Gasteiger partial charge in [-0.25, -0.2) is 0 Å². The van der Waals surface area contributed by atoms with Crippen LogP contribution in [-0.2, 0) is 11.8 Å². The molecule has 2 aromatic rings. The summed E-state index contributed by atoms with van der Waals surface area (Å²) in [4.78, 5) is 1.34. The van der Waals surface area contributed by atoms with Crippen molar-refractivity contribution < 1.29 is 40.2 Å². The summed E-state index contributed by atoms with van der Waals surface area (Å²) in [7, 11) is 2.90. The summed E-state index contributed by atoms with van der Waals surface area (Å²) in [6, 6.07) is 6.33. The maximum absolute atomic E-state index is 14.5. The van der Waals surface area contributed by atoms with Crippen LogP contribution in [0.2, 0.25) is 0 Å². The summed E-state index contributed by atoms with van der Waals surface area (Å²) in [5, 5.41) is 10.7. The Bertz CT molecular complexity index is 844. The number of halogens is 8. The first-order valence-electron chi connectivity index (χ1n) is 7.75. The third-order valence-corrected chi connectivity index (χ3v) is 4.21. The lowest BCUT2D eigenvalue weighted by Gasteiger charge is -2.39. The van der Waals surface area contributed by atoms with E-state index in [-0.39, 0.29) is 5.69 Å². The van der Waals surface area contributed by atoms with E-state index in [9.17, 15) is 40.2 Å². The van der Waals surface area contributed by atoms with Gasteiger partial charge >= 0.3 is 18.3 Å². The van der Waals surface area contributed by atoms with Crippen molar-refractivity contribution in [2.45, 2.75) is 23.9 Å². The van der Waals surface area contributed by atoms with Gasteiger partial charge in [-0.15, -0.1) is 0 Å². The largest absolute Gasteiger partial charge is 0.457 e. The zero-order chi connectivity index (χ0) is 21.5. The quantitative estimate of drug-likeness (QED) is 0.697. The molecule has 0 heterocycles. The summed E-state index contributed by atoms with van der Waals surface area (Å²) in [5.74, 6) is -5.92. The third kappa shape index (κ3) is 3.52. The molecule has 2 rings (SSSR count). The van der Waals surface area contributed by atoms with E-state index in [1.807, 2.05) is 0 Å². The molecule has 0 saturated heterocycles. The smallest absolute Gasteiger partial charge is 0.378 e. The van der Waals surface area contributed by atoms with Crippen molar-refractivity contribution in [3.05, 3.63) is 65.2 Å². The van der Waals surface area contributed by atoms with E-state index in [1.165, 1.54) is 25.1 Å². The molecule has 0 amide bonds. The lowest BCUT2D eigenvalue weighted by atomic mass is 9.78. The van der Waals surface area contributed by atoms with Gasteiger partial charge in [-0.2, -0.15) is 35.1 Å². The number of hydrogen-bond donors (Lipinski definition) is 1. The third-order valence-electron chi connectivity index (χ3n) is 4.21. The van der Waals surface area contributed by atoms with Crippen molar-refractivity contribution in [1.82, 2.24) is 0 Å². The Morgan fingerprint density at radius 2 is 1.29 bits per heavy atom. The van der Waals surface area contributed by atoms with E-state index in [2.05, 4.69) is 0 Å². The summed E-state index contributed by atoms with van der Waals surface area (Å²) in [5.41, 5.74) is -8.63. The molecule has 0 fully saturated rings. The molecule has 2 nitrogen and oxygen atoms in total. The molecule has 2 aromatic carbocycles. The van der Waals surface area contributed by atoms with Crippen LogP contribution in [0.1, 0.15) is 16.7 Å². The first-order chi connectivity index (χ1) is 12.6. The van der Waals surface area contributed by atoms with Gasteiger partial charge in [0.1, 0.15) is 0 Å². The van der Waals surface area contributed by atoms with Crippen molar-refractivity contribution >= 4 is 5.69 Å². The molecule has 10 heteroatoms. The lowest BCUT2D eigenvalue weighted by Crippen LogP contribution is -2.56. The van der Waals surface area contributed by atoms with Gasteiger partial charge in [0.15, 0.2) is 5.60 Å². The Hall–Kier alpha value is -2.36. The fourth-order valence-electron chi connectivity index (χ4n) is 2.77. The van der Waals surface area contributed by atoms with Gasteiger partial charge in [-0.1, -0.05) is 30.3 Å². The molecule has 1 atom stereocenters. The second-order valence-electron chi connectivity index (χ2n) is 6.27. The van der Waals surface area contributed by atoms with Crippen molar-refractivity contribution in [2.75, 3.05) is 19.0 Å². The first-order valence-corrected chi connectivity index (χ1v) is 7.75. The predicted octanol–water partition coefficient (Wildman–Crippen LogP) is 5.20. The van der Waals surface area contributed by atoms with Gasteiger partial charge < -0.3 is 10.0 Å². The first kappa shape index (κ1) is 21.9. The second-order valence-corrected chi connectivity index (χ2v) is 6.27. The minimum atomic E-state index is -6.32. The van der Waals surface area contributed by atoms with Crippen LogP contribution in [-0.4, -0.2) is 31.3 Å². The number of aliphatic hydroxyl groups is 1. The van der Waals surface area contributed by atoms with Crippen LogP contribution in [0, 0.1) is 0 Å². The van der Waals surface area contributed by atoms with Crippen LogP contribution >= 0.6 is 0 Å². The monoisotopic (exact) mass is 413 g/mol. The molecular weight excluding hydrogens is 398 g/mol. The summed E-state index contributed by atoms with van der Waals surface area (Å²) in [6.45, 7) is 0. The van der Waals surface area contributed by atoms with Crippen LogP contribution in [0.5, 0.6) is 0 Å². The molecule has 0 radical (unpaired) electrons. The molecule has 1 N–H and O–H groups in total. The molecule has 0 bridgehead atoms. The number of nitrogens with zero attached hydrogens (tertiary/aromatic N) is 1. The van der Waals surface area contributed by atoms with Crippen molar-refractivity contribution in [1.29, 1.82) is 0 Å². The maximum atomic E-state index is 14.5. The van der Waals surface area contributed by atoms with E-state index in [1.54, 1.807) is 0 Å². The fraction of sp³-hybridized carbons (Fsp3) is 0.333. The molecule has 1 unspecified atom stereocenters. The van der Waals surface area contributed by atoms with E-state index in [4.69, 9.17) is 0 Å². The fourth-order valence-corrected chi connectivity index (χ4v) is 2.77. The molecular formula is C18H15F8NO. The average molecular weight is 413 g/mol. The molecule has 0 aliphatic carbocycles. The lowest BCUT2D eigenvalue weighted by molar-refractivity contribution is -0.337. The summed E-state index contributed by atoms with van der Waals surface area (Å²) < 4.78 is 109. The highest BCUT2D eigenvalue weighted by molar-refractivity contribution is 5.53. The zero-order valence-corrected chi connectivity index (χ0v) is 14.5. The number of rotatable bonds is 4. The van der Waals surface area contributed by atoms with E-state index in [0.717, 1.165) is 30.3 Å². The van der Waals surface area contributed by atoms with Crippen molar-refractivity contribution in [3.63, 3.8) is 0 Å². The minimum Gasteiger partial charge on any atom is -0.378 e. The normalized spacial score (nSPS) is 15.2. The predicted molar refractivity (Wildman–Crippen MR) is 86.2 cm³/mol. The van der Waals surface area contributed by atoms with Gasteiger partial charge in [0.05, 0.1) is 5.56 Å². The number of hydrogen-bond acceptors (Lipinski definition) is 2. The molecule has 28 heavy (non-hydrogen) atoms. The molecule has 0 spiro atoms. The summed E-state index contributed by atoms with van der Waals surface area (Å²) >= 11 is 0. The van der Waals surface area contributed by atoms with Gasteiger partial charge in [0.2, 0.25) is 0 Å². The number of anilines is 1. The number of benzene rings is 2. The Morgan fingerprint density at radius 1 is 0.750 bits per heavy atom. The maximum Gasteiger partial charge on any atom is 0.457 e. The van der Waals surface area contributed by atoms with Crippen LogP contribution < -0.4 is 4.90 Å². The minimum absolute atomic E-state index is 0.110. The van der Waals surface area contributed by atoms with E-state index < -0.39 is 40.6 Å². The van der Waals surface area contributed by atoms with Crippen LogP contribution in [0.4, 0.5) is 40.8 Å². The second kappa shape index (κ2) is 6.91. The van der Waals surface area contributed by atoms with Crippen LogP contribution in [0.3, 0.4) is 0 Å². The Kier molecular flexibility index (Phi) is 5.41. The molecule has 0 aliphatic rings. The standard InChI is InChI=1S/C18H15F8NO/c1-27(2)12-7-5-6-11(10-12)15(28,17(22,23)18(24,25)26)13-8-3-4-9-14(13)16(19,20)21/h3-10,28H,1-2H3. The Labute approximate surface area is 155 Å². The molecule has 0 aliphatic heterocycles. The van der Waals surface area contributed by atoms with Crippen LogP contribution in [0.15, 0.2) is 48.5 Å². The SMILES string of the molecule is CN(C)c1cccc(C(O)(c2ccccc2C(F)(F)F)C(F)(F)C(F)(F)F)c1. The van der Waals surface area contributed by atoms with E-state index >= 15 is 0 Å². The molecule has 0 aromatic heterocycles. The Morgan fingerprint density at radius 3 is 1.75 bits per heavy atom. The van der Waals surface area contributed by atoms with Crippen LogP contribution in [0.25, 0.3) is 0 Å². The topological polar surface area (TPSA) is 23.5 Å². The van der Waals surface area contributed by atoms with Gasteiger partial charge in [-0.05, 0) is 23.8 Å². The Balaban J connectivity index is 2.94. The summed E-state index contributed by atoms with van der Waals surface area (Å²) in [6.07, 6.45) is -11.6. The van der Waals surface area contributed by atoms with Crippen molar-refractivity contribution in [3.8, 4) is 0 Å². The highest BCUT2D eigenvalue weighted by Gasteiger charge is 2.72. The highest BCUT2D eigenvalue weighted by Crippen LogP contribution is 2.54. The molecule has 154 valence electrons. The average Bonchev–Trinajstić information content (AvgIpc) is 2.59. The molecule has 0 saturated carbocycles. The number of alkyl halides is 8. The van der Waals surface area contributed by atoms with E-state index in [0.29, 0.717) is 12.1 Å². The van der Waals surface area contributed by atoms with Crippen molar-refractivity contribution in [2.24, 2.45) is 0 Å². The van der Waals surface area contributed by atoms with Gasteiger partial charge in [0, 0.05) is 25.3 Å². The zero-order valence-electron chi connectivity index (χ0n) is 14.5. The van der Waals surface area contributed by atoms with Gasteiger partial charge in [-0.3, -0.25) is 0 Å². The highest BCUT2D eigenvalue weighted by atomic mass is 19.4.